The van der Waals surface area contributed by atoms with Gasteiger partial charge in [-0.05, 0) is 40.0 Å². The van der Waals surface area contributed by atoms with Crippen molar-refractivity contribution in [3.8, 4) is 0 Å². The summed E-state index contributed by atoms with van der Waals surface area (Å²) in [7, 11) is 1.54. The van der Waals surface area contributed by atoms with Gasteiger partial charge in [0, 0.05) is 18.4 Å². The summed E-state index contributed by atoms with van der Waals surface area (Å²) in [6.07, 6.45) is -3.07. The highest BCUT2D eigenvalue weighted by Gasteiger charge is 2.41. The number of hydrogen-bond acceptors (Lipinski definition) is 4. The molecule has 0 saturated heterocycles. The monoisotopic (exact) mass is 385 g/mol. The van der Waals surface area contributed by atoms with Crippen molar-refractivity contribution in [2.24, 2.45) is 0 Å². The fourth-order valence-electron chi connectivity index (χ4n) is 3.48. The summed E-state index contributed by atoms with van der Waals surface area (Å²) in [5, 5.41) is 10.8. The zero-order chi connectivity index (χ0) is 19.9. The van der Waals surface area contributed by atoms with E-state index in [1.165, 1.54) is 11.8 Å². The van der Waals surface area contributed by atoms with Crippen LogP contribution in [0.2, 0.25) is 0 Å². The van der Waals surface area contributed by atoms with Crippen molar-refractivity contribution >= 4 is 11.6 Å². The Morgan fingerprint density at radius 2 is 2.00 bits per heavy atom. The second-order valence-corrected chi connectivity index (χ2v) is 6.70. The lowest BCUT2D eigenvalue weighted by Crippen LogP contribution is -2.26. The van der Waals surface area contributed by atoms with Crippen LogP contribution in [0.4, 0.5) is 18.9 Å². The van der Waals surface area contributed by atoms with Crippen LogP contribution in [0.3, 0.4) is 0 Å². The number of hydrogen-bond donors (Lipinski definition) is 1. The summed E-state index contributed by atoms with van der Waals surface area (Å²) in [5.74, 6) is -0.441. The summed E-state index contributed by atoms with van der Waals surface area (Å²) in [6.45, 7) is 5.31. The van der Waals surface area contributed by atoms with Crippen molar-refractivity contribution in [3.05, 3.63) is 28.3 Å². The molecule has 1 aliphatic carbocycles. The van der Waals surface area contributed by atoms with Gasteiger partial charge >= 0.3 is 6.18 Å². The molecule has 2 aromatic rings. The zero-order valence-corrected chi connectivity index (χ0v) is 15.6. The molecule has 1 aliphatic rings. The third kappa shape index (κ3) is 3.45. The van der Waals surface area contributed by atoms with Gasteiger partial charge in [-0.2, -0.15) is 23.4 Å². The molecule has 3 rings (SSSR count). The zero-order valence-electron chi connectivity index (χ0n) is 15.6. The molecule has 0 radical (unpaired) electrons. The van der Waals surface area contributed by atoms with Gasteiger partial charge in [0.15, 0.2) is 5.69 Å². The van der Waals surface area contributed by atoms with Gasteiger partial charge in [-0.1, -0.05) is 0 Å². The average Bonchev–Trinajstić information content (AvgIpc) is 3.24. The Balaban J connectivity index is 1.87. The topological polar surface area (TPSA) is 74.0 Å². The third-order valence-corrected chi connectivity index (χ3v) is 4.85. The normalized spacial score (nSPS) is 15.1. The largest absolute Gasteiger partial charge is 0.435 e. The Bertz CT molecular complexity index is 869. The molecule has 0 aromatic carbocycles. The molecule has 1 atom stereocenters. The number of amides is 1. The summed E-state index contributed by atoms with van der Waals surface area (Å²) >= 11 is 0. The quantitative estimate of drug-likeness (QED) is 0.859. The number of fused-ring (bicyclic) bond motifs is 1. The van der Waals surface area contributed by atoms with Crippen LogP contribution in [0.25, 0.3) is 0 Å². The lowest BCUT2D eigenvalue weighted by atomic mass is 10.2. The average molecular weight is 385 g/mol. The number of nitrogens with one attached hydrogen (secondary N) is 1. The van der Waals surface area contributed by atoms with Crippen LogP contribution in [0, 0.1) is 13.8 Å². The van der Waals surface area contributed by atoms with E-state index in [0.29, 0.717) is 42.0 Å². The van der Waals surface area contributed by atoms with E-state index in [4.69, 9.17) is 4.74 Å². The van der Waals surface area contributed by atoms with Crippen LogP contribution in [0.5, 0.6) is 0 Å². The minimum Gasteiger partial charge on any atom is -0.362 e. The maximum atomic E-state index is 13.2. The molecule has 0 spiro atoms. The van der Waals surface area contributed by atoms with E-state index in [1.54, 1.807) is 25.5 Å². The van der Waals surface area contributed by atoms with Gasteiger partial charge < -0.3 is 10.1 Å². The van der Waals surface area contributed by atoms with Crippen LogP contribution in [0.15, 0.2) is 0 Å². The number of rotatable bonds is 5. The lowest BCUT2D eigenvalue weighted by Gasteiger charge is -2.15. The van der Waals surface area contributed by atoms with Crippen LogP contribution in [-0.2, 0) is 35.3 Å². The summed E-state index contributed by atoms with van der Waals surface area (Å²) in [4.78, 5) is 12.7. The molecule has 2 heterocycles. The Kier molecular flexibility index (Phi) is 5.02. The standard InChI is InChI=1S/C17H22F3N5O2/c1-9-14(10(2)24(22-9)8-27-4)21-16(26)11(3)25-13-7-5-6-12(13)15(23-25)17(18,19)20/h11H,5-8H2,1-4H3,(H,21,26). The molecule has 1 N–H and O–H groups in total. The number of aromatic nitrogens is 4. The van der Waals surface area contributed by atoms with E-state index < -0.39 is 23.8 Å². The van der Waals surface area contributed by atoms with E-state index in [-0.39, 0.29) is 12.3 Å². The number of anilines is 1. The second kappa shape index (κ2) is 6.99. The van der Waals surface area contributed by atoms with Gasteiger partial charge in [0.1, 0.15) is 12.8 Å². The molecular formula is C17H22F3N5O2. The van der Waals surface area contributed by atoms with Crippen LogP contribution < -0.4 is 5.32 Å². The molecule has 0 bridgehead atoms. The first-order valence-corrected chi connectivity index (χ1v) is 8.66. The molecule has 1 amide bonds. The van der Waals surface area contributed by atoms with E-state index in [1.807, 2.05) is 0 Å². The van der Waals surface area contributed by atoms with Crippen LogP contribution in [-0.4, -0.2) is 32.6 Å². The highest BCUT2D eigenvalue weighted by molar-refractivity contribution is 5.94. The summed E-state index contributed by atoms with van der Waals surface area (Å²) < 4.78 is 47.6. The third-order valence-electron chi connectivity index (χ3n) is 4.85. The van der Waals surface area contributed by atoms with Crippen LogP contribution in [0.1, 0.15) is 47.7 Å². The van der Waals surface area contributed by atoms with Gasteiger partial charge in [-0.15, -0.1) is 0 Å². The highest BCUT2D eigenvalue weighted by Crippen LogP contribution is 2.37. The SMILES string of the molecule is COCn1nc(C)c(NC(=O)C(C)n2nc(C(F)(F)F)c3c2CCC3)c1C. The van der Waals surface area contributed by atoms with Gasteiger partial charge in [0.25, 0.3) is 0 Å². The van der Waals surface area contributed by atoms with Crippen molar-refractivity contribution < 1.29 is 22.7 Å². The minimum atomic E-state index is -4.52. The Morgan fingerprint density at radius 1 is 1.30 bits per heavy atom. The number of nitrogens with zero attached hydrogens (tertiary/aromatic N) is 4. The predicted molar refractivity (Wildman–Crippen MR) is 91.3 cm³/mol. The number of aryl methyl sites for hydroxylation is 1. The maximum absolute atomic E-state index is 13.2. The van der Waals surface area contributed by atoms with Crippen molar-refractivity contribution in [1.29, 1.82) is 0 Å². The lowest BCUT2D eigenvalue weighted by molar-refractivity contribution is -0.142. The summed E-state index contributed by atoms with van der Waals surface area (Å²) in [6, 6.07) is -0.877. The predicted octanol–water partition coefficient (Wildman–Crippen LogP) is 3.01. The fraction of sp³-hybridized carbons (Fsp3) is 0.588. The van der Waals surface area contributed by atoms with Crippen molar-refractivity contribution in [1.82, 2.24) is 19.6 Å². The number of ether oxygens (including phenoxy) is 1. The number of alkyl halides is 3. The molecule has 0 saturated carbocycles. The Morgan fingerprint density at radius 3 is 2.63 bits per heavy atom. The Hall–Kier alpha value is -2.36. The van der Waals surface area contributed by atoms with Gasteiger partial charge in [0.2, 0.25) is 5.91 Å². The molecule has 148 valence electrons. The van der Waals surface area contributed by atoms with Crippen molar-refractivity contribution in [3.63, 3.8) is 0 Å². The number of methoxy groups -OCH3 is 1. The van der Waals surface area contributed by atoms with Crippen molar-refractivity contribution in [2.75, 3.05) is 12.4 Å². The molecule has 27 heavy (non-hydrogen) atoms. The van der Waals surface area contributed by atoms with E-state index >= 15 is 0 Å². The molecular weight excluding hydrogens is 363 g/mol. The summed E-state index contributed by atoms with van der Waals surface area (Å²) in [5.41, 5.74) is 1.66. The number of carbonyl (C=O) groups is 1. The first kappa shape index (κ1) is 19.4. The molecule has 7 nitrogen and oxygen atoms in total. The first-order valence-electron chi connectivity index (χ1n) is 8.66. The van der Waals surface area contributed by atoms with Gasteiger partial charge in [-0.3, -0.25) is 9.48 Å². The van der Waals surface area contributed by atoms with Gasteiger partial charge in [0.05, 0.1) is 17.1 Å². The Labute approximate surface area is 154 Å². The molecule has 10 heteroatoms. The van der Waals surface area contributed by atoms with Gasteiger partial charge in [-0.25, -0.2) is 4.68 Å². The molecule has 2 aromatic heterocycles. The number of carbonyl (C=O) groups excluding carboxylic acids is 1. The number of halogens is 3. The fourth-order valence-corrected chi connectivity index (χ4v) is 3.48. The molecule has 0 aliphatic heterocycles. The van der Waals surface area contributed by atoms with E-state index in [2.05, 4.69) is 15.5 Å². The van der Waals surface area contributed by atoms with Crippen LogP contribution >= 0.6 is 0 Å². The smallest absolute Gasteiger partial charge is 0.362 e. The van der Waals surface area contributed by atoms with E-state index in [9.17, 15) is 18.0 Å². The van der Waals surface area contributed by atoms with Crippen molar-refractivity contribution in [2.45, 2.75) is 59.0 Å². The second-order valence-electron chi connectivity index (χ2n) is 6.70. The maximum Gasteiger partial charge on any atom is 0.435 e. The highest BCUT2D eigenvalue weighted by atomic mass is 19.4. The first-order chi connectivity index (χ1) is 12.6. The molecule has 1 unspecified atom stereocenters. The van der Waals surface area contributed by atoms with E-state index in [0.717, 1.165) is 0 Å². The molecule has 0 fully saturated rings. The minimum absolute atomic E-state index is 0.211.